The summed E-state index contributed by atoms with van der Waals surface area (Å²) in [5, 5.41) is 2.98. The number of Topliss-reactive ketones (excluding diaryl/α,β-unsaturated/α-hetero) is 1. The largest absolute Gasteiger partial charge is 0.370 e. The smallest absolute Gasteiger partial charge is 0.255 e. The predicted molar refractivity (Wildman–Crippen MR) is 99.6 cm³/mol. The first-order valence-electron chi connectivity index (χ1n) is 9.17. The first kappa shape index (κ1) is 19.9. The van der Waals surface area contributed by atoms with Crippen molar-refractivity contribution in [3.63, 3.8) is 0 Å². The number of aromatic nitrogens is 1. The predicted octanol–water partition coefficient (Wildman–Crippen LogP) is 1.84. The second-order valence-electron chi connectivity index (χ2n) is 7.23. The summed E-state index contributed by atoms with van der Waals surface area (Å²) in [6, 6.07) is 3.42. The number of ketones is 1. The van der Waals surface area contributed by atoms with Gasteiger partial charge in [0.1, 0.15) is 11.6 Å². The van der Waals surface area contributed by atoms with Gasteiger partial charge in [-0.3, -0.25) is 14.4 Å². The van der Waals surface area contributed by atoms with Crippen LogP contribution in [-0.4, -0.2) is 47.1 Å². The van der Waals surface area contributed by atoms with Gasteiger partial charge in [-0.25, -0.2) is 4.98 Å². The Morgan fingerprint density at radius 2 is 2.12 bits per heavy atom. The zero-order valence-electron chi connectivity index (χ0n) is 15.5. The summed E-state index contributed by atoms with van der Waals surface area (Å²) in [7, 11) is 0. The molecule has 1 aromatic heterocycles. The monoisotopic (exact) mass is 360 g/mol. The summed E-state index contributed by atoms with van der Waals surface area (Å²) < 4.78 is 0. The van der Waals surface area contributed by atoms with Crippen molar-refractivity contribution in [3.05, 3.63) is 23.9 Å². The molecule has 7 nitrogen and oxygen atoms in total. The van der Waals surface area contributed by atoms with Gasteiger partial charge in [-0.2, -0.15) is 0 Å². The van der Waals surface area contributed by atoms with Crippen LogP contribution in [0.4, 0.5) is 5.82 Å². The van der Waals surface area contributed by atoms with Crippen LogP contribution in [0.1, 0.15) is 49.9 Å². The number of piperidine rings is 1. The third-order valence-electron chi connectivity index (χ3n) is 4.46. The minimum absolute atomic E-state index is 0.0576. The third-order valence-corrected chi connectivity index (χ3v) is 4.46. The van der Waals surface area contributed by atoms with Crippen molar-refractivity contribution in [3.8, 4) is 0 Å². The van der Waals surface area contributed by atoms with Gasteiger partial charge >= 0.3 is 0 Å². The highest BCUT2D eigenvalue weighted by molar-refractivity contribution is 5.94. The van der Waals surface area contributed by atoms with Crippen LogP contribution in [0.15, 0.2) is 18.3 Å². The van der Waals surface area contributed by atoms with Gasteiger partial charge in [0.25, 0.3) is 5.91 Å². The number of carbonyl (C=O) groups excluding carboxylic acids is 3. The molecule has 0 aromatic carbocycles. The number of nitrogens with two attached hydrogens (primary N) is 1. The average Bonchev–Trinajstić information content (AvgIpc) is 2.61. The summed E-state index contributed by atoms with van der Waals surface area (Å²) in [5.41, 5.74) is 5.59. The van der Waals surface area contributed by atoms with Crippen LogP contribution in [0.5, 0.6) is 0 Å². The van der Waals surface area contributed by atoms with Crippen molar-refractivity contribution in [1.82, 2.24) is 9.88 Å². The number of rotatable bonds is 8. The molecule has 0 aliphatic carbocycles. The Morgan fingerprint density at radius 3 is 2.73 bits per heavy atom. The number of pyridine rings is 1. The second kappa shape index (κ2) is 9.31. The number of nitrogens with zero attached hydrogens (tertiary/aromatic N) is 2. The van der Waals surface area contributed by atoms with E-state index in [1.54, 1.807) is 17.0 Å². The molecule has 142 valence electrons. The Morgan fingerprint density at radius 1 is 1.35 bits per heavy atom. The second-order valence-corrected chi connectivity index (χ2v) is 7.23. The molecule has 1 aromatic rings. The van der Waals surface area contributed by atoms with Gasteiger partial charge in [0.15, 0.2) is 0 Å². The lowest BCUT2D eigenvalue weighted by molar-refractivity contribution is -0.125. The Hall–Kier alpha value is -2.44. The number of nitrogens with one attached hydrogen (secondary N) is 1. The molecule has 1 saturated heterocycles. The minimum Gasteiger partial charge on any atom is -0.370 e. The summed E-state index contributed by atoms with van der Waals surface area (Å²) in [5.74, 6) is 0.653. The highest BCUT2D eigenvalue weighted by Gasteiger charge is 2.29. The van der Waals surface area contributed by atoms with Crippen LogP contribution in [0.25, 0.3) is 0 Å². The normalized spacial score (nSPS) is 17.2. The van der Waals surface area contributed by atoms with Crippen LogP contribution in [0.2, 0.25) is 0 Å². The zero-order chi connectivity index (χ0) is 19.1. The molecule has 0 saturated carbocycles. The molecule has 1 aliphatic heterocycles. The SMILES string of the molecule is CC(C)CC(=O)C1CCCN(C(=O)c2ccc(NCCC(N)=O)nc2)C1. The molecule has 1 unspecified atom stereocenters. The van der Waals surface area contributed by atoms with Crippen molar-refractivity contribution in [1.29, 1.82) is 0 Å². The van der Waals surface area contributed by atoms with Crippen LogP contribution in [0.3, 0.4) is 0 Å². The fraction of sp³-hybridized carbons (Fsp3) is 0.579. The lowest BCUT2D eigenvalue weighted by Crippen LogP contribution is -2.42. The van der Waals surface area contributed by atoms with Crippen molar-refractivity contribution in [2.24, 2.45) is 17.6 Å². The number of amides is 2. The highest BCUT2D eigenvalue weighted by Crippen LogP contribution is 2.22. The van der Waals surface area contributed by atoms with Crippen LogP contribution >= 0.6 is 0 Å². The number of hydrogen-bond acceptors (Lipinski definition) is 5. The third kappa shape index (κ3) is 5.82. The van der Waals surface area contributed by atoms with Crippen LogP contribution in [0, 0.1) is 11.8 Å². The van der Waals surface area contributed by atoms with E-state index in [0.29, 0.717) is 43.4 Å². The molecule has 1 aliphatic rings. The van der Waals surface area contributed by atoms with Gasteiger partial charge < -0.3 is 16.0 Å². The molecule has 2 rings (SSSR count). The molecular weight excluding hydrogens is 332 g/mol. The maximum absolute atomic E-state index is 12.7. The van der Waals surface area contributed by atoms with Crippen molar-refractivity contribution >= 4 is 23.4 Å². The Bertz CT molecular complexity index is 643. The molecule has 26 heavy (non-hydrogen) atoms. The van der Waals surface area contributed by atoms with Gasteiger partial charge in [-0.1, -0.05) is 13.8 Å². The number of carbonyl (C=O) groups is 3. The molecule has 7 heteroatoms. The summed E-state index contributed by atoms with van der Waals surface area (Å²) in [4.78, 5) is 41.7. The van der Waals surface area contributed by atoms with E-state index in [1.807, 2.05) is 13.8 Å². The Labute approximate surface area is 154 Å². The zero-order valence-corrected chi connectivity index (χ0v) is 15.5. The number of hydrogen-bond donors (Lipinski definition) is 2. The van der Waals surface area contributed by atoms with E-state index in [0.717, 1.165) is 12.8 Å². The Kier molecular flexibility index (Phi) is 7.12. The molecule has 2 heterocycles. The van der Waals surface area contributed by atoms with Gasteiger partial charge in [-0.15, -0.1) is 0 Å². The van der Waals surface area contributed by atoms with Gasteiger partial charge in [0.05, 0.1) is 5.56 Å². The fourth-order valence-electron chi connectivity index (χ4n) is 3.11. The van der Waals surface area contributed by atoms with E-state index in [9.17, 15) is 14.4 Å². The first-order valence-corrected chi connectivity index (χ1v) is 9.17. The topological polar surface area (TPSA) is 105 Å². The molecule has 2 amide bonds. The maximum atomic E-state index is 12.7. The minimum atomic E-state index is -0.379. The van der Waals surface area contributed by atoms with E-state index in [-0.39, 0.29) is 29.9 Å². The van der Waals surface area contributed by atoms with Crippen molar-refractivity contribution < 1.29 is 14.4 Å². The molecular formula is C19H28N4O3. The van der Waals surface area contributed by atoms with E-state index in [2.05, 4.69) is 10.3 Å². The lowest BCUT2D eigenvalue weighted by Gasteiger charge is -2.32. The summed E-state index contributed by atoms with van der Waals surface area (Å²) in [6.45, 7) is 5.63. The van der Waals surface area contributed by atoms with E-state index >= 15 is 0 Å². The quantitative estimate of drug-likeness (QED) is 0.736. The molecule has 1 fully saturated rings. The highest BCUT2D eigenvalue weighted by atomic mass is 16.2. The van der Waals surface area contributed by atoms with Gasteiger partial charge in [0.2, 0.25) is 5.91 Å². The van der Waals surface area contributed by atoms with Crippen molar-refractivity contribution in [2.75, 3.05) is 25.0 Å². The number of anilines is 1. The Balaban J connectivity index is 1.93. The molecule has 0 bridgehead atoms. The molecule has 0 radical (unpaired) electrons. The molecule has 1 atom stereocenters. The number of primary amides is 1. The van der Waals surface area contributed by atoms with Crippen molar-refractivity contribution in [2.45, 2.75) is 39.5 Å². The first-order chi connectivity index (χ1) is 12.4. The molecule has 3 N–H and O–H groups in total. The summed E-state index contributed by atoms with van der Waals surface area (Å²) in [6.07, 6.45) is 4.02. The van der Waals surface area contributed by atoms with E-state index in [1.165, 1.54) is 6.20 Å². The maximum Gasteiger partial charge on any atom is 0.255 e. The summed E-state index contributed by atoms with van der Waals surface area (Å²) >= 11 is 0. The van der Waals surface area contributed by atoms with E-state index in [4.69, 9.17) is 5.73 Å². The molecule has 0 spiro atoms. The lowest BCUT2D eigenvalue weighted by atomic mass is 9.89. The average molecular weight is 360 g/mol. The van der Waals surface area contributed by atoms with Crippen LogP contribution < -0.4 is 11.1 Å². The van der Waals surface area contributed by atoms with Gasteiger partial charge in [-0.05, 0) is 30.9 Å². The standard InChI is InChI=1S/C19H28N4O3/c1-13(2)10-16(24)15-4-3-9-23(12-15)19(26)14-5-6-18(22-11-14)21-8-7-17(20)25/h5-6,11,13,15H,3-4,7-10,12H2,1-2H3,(H2,20,25)(H,21,22). The number of likely N-dealkylation sites (tertiary alicyclic amines) is 1. The fourth-order valence-corrected chi connectivity index (χ4v) is 3.11. The van der Waals surface area contributed by atoms with E-state index < -0.39 is 0 Å². The van der Waals surface area contributed by atoms with Crippen LogP contribution in [-0.2, 0) is 9.59 Å². The van der Waals surface area contributed by atoms with Gasteiger partial charge in [0, 0.05) is 44.6 Å².